The van der Waals surface area contributed by atoms with Crippen LogP contribution in [-0.2, 0) is 16.1 Å². The van der Waals surface area contributed by atoms with Gasteiger partial charge in [0, 0.05) is 13.6 Å². The van der Waals surface area contributed by atoms with Gasteiger partial charge in [-0.25, -0.2) is 9.59 Å². The van der Waals surface area contributed by atoms with Crippen LogP contribution in [0.3, 0.4) is 0 Å². The van der Waals surface area contributed by atoms with Gasteiger partial charge in [-0.15, -0.1) is 0 Å². The van der Waals surface area contributed by atoms with Gasteiger partial charge in [-0.3, -0.25) is 0 Å². The fraction of sp³-hybridized carbons (Fsp3) is 0.579. The van der Waals surface area contributed by atoms with E-state index in [-0.39, 0.29) is 30.9 Å². The van der Waals surface area contributed by atoms with Crippen LogP contribution in [0.25, 0.3) is 0 Å². The van der Waals surface area contributed by atoms with Gasteiger partial charge in [0.2, 0.25) is 0 Å². The van der Waals surface area contributed by atoms with Crippen molar-refractivity contribution in [1.82, 2.24) is 9.80 Å². The fourth-order valence-electron chi connectivity index (χ4n) is 2.97. The summed E-state index contributed by atoms with van der Waals surface area (Å²) in [5.74, 6) is 0. The molecule has 1 aromatic rings. The number of hydrogen-bond donors (Lipinski definition) is 0. The molecule has 0 aliphatic carbocycles. The molecule has 0 spiro atoms. The zero-order chi connectivity index (χ0) is 18.6. The zero-order valence-corrected chi connectivity index (χ0v) is 15.7. The minimum absolute atomic E-state index is 0.0841. The van der Waals surface area contributed by atoms with Gasteiger partial charge in [0.25, 0.3) is 0 Å². The summed E-state index contributed by atoms with van der Waals surface area (Å²) in [4.78, 5) is 27.9. The number of nitrogens with zero attached hydrogens (tertiary/aromatic N) is 2. The van der Waals surface area contributed by atoms with Crippen molar-refractivity contribution in [2.24, 2.45) is 0 Å². The van der Waals surface area contributed by atoms with E-state index in [1.165, 1.54) is 0 Å². The van der Waals surface area contributed by atoms with E-state index in [2.05, 4.69) is 0 Å². The molecule has 1 aliphatic rings. The van der Waals surface area contributed by atoms with Crippen molar-refractivity contribution in [1.29, 1.82) is 0 Å². The molecule has 2 rings (SSSR count). The third-order valence-corrected chi connectivity index (χ3v) is 4.33. The molecule has 2 unspecified atom stereocenters. The van der Waals surface area contributed by atoms with E-state index in [9.17, 15) is 9.59 Å². The summed E-state index contributed by atoms with van der Waals surface area (Å²) in [5.41, 5.74) is 0.409. The molecule has 1 aromatic carbocycles. The quantitative estimate of drug-likeness (QED) is 0.836. The summed E-state index contributed by atoms with van der Waals surface area (Å²) >= 11 is 0. The molecule has 138 valence electrons. The average molecular weight is 348 g/mol. The molecule has 1 saturated heterocycles. The highest BCUT2D eigenvalue weighted by atomic mass is 16.6. The van der Waals surface area contributed by atoms with E-state index in [4.69, 9.17) is 9.47 Å². The lowest BCUT2D eigenvalue weighted by Crippen LogP contribution is -2.47. The number of amides is 2. The number of likely N-dealkylation sites (tertiary alicyclic amines) is 1. The van der Waals surface area contributed by atoms with Crippen LogP contribution in [0.5, 0.6) is 0 Å². The lowest BCUT2D eigenvalue weighted by Gasteiger charge is -2.32. The summed E-state index contributed by atoms with van der Waals surface area (Å²) in [6.45, 7) is 8.25. The molecule has 1 heterocycles. The van der Waals surface area contributed by atoms with Crippen LogP contribution < -0.4 is 0 Å². The van der Waals surface area contributed by atoms with Crippen molar-refractivity contribution in [3.8, 4) is 0 Å². The number of benzene rings is 1. The maximum atomic E-state index is 12.4. The molecule has 0 aromatic heterocycles. The van der Waals surface area contributed by atoms with Crippen LogP contribution in [-0.4, -0.2) is 53.3 Å². The van der Waals surface area contributed by atoms with Crippen molar-refractivity contribution in [2.45, 2.75) is 58.4 Å². The summed E-state index contributed by atoms with van der Waals surface area (Å²) in [6.07, 6.45) is -0.0162. The smallest absolute Gasteiger partial charge is 0.410 e. The van der Waals surface area contributed by atoms with Crippen LogP contribution in [0, 0.1) is 0 Å². The third-order valence-electron chi connectivity index (χ3n) is 4.33. The van der Waals surface area contributed by atoms with Crippen LogP contribution in [0.2, 0.25) is 0 Å². The van der Waals surface area contributed by atoms with E-state index < -0.39 is 5.60 Å². The Morgan fingerprint density at radius 2 is 1.88 bits per heavy atom. The van der Waals surface area contributed by atoms with Crippen LogP contribution in [0.15, 0.2) is 30.3 Å². The van der Waals surface area contributed by atoms with Crippen molar-refractivity contribution in [3.63, 3.8) is 0 Å². The van der Waals surface area contributed by atoms with Gasteiger partial charge in [-0.05, 0) is 39.7 Å². The van der Waals surface area contributed by atoms with Gasteiger partial charge >= 0.3 is 12.2 Å². The topological polar surface area (TPSA) is 59.1 Å². The maximum absolute atomic E-state index is 12.4. The Bertz CT molecular complexity index is 597. The van der Waals surface area contributed by atoms with Crippen LogP contribution in [0.1, 0.15) is 39.7 Å². The molecule has 0 radical (unpaired) electrons. The molecule has 0 saturated carbocycles. The van der Waals surface area contributed by atoms with E-state index in [1.54, 1.807) is 16.8 Å². The Morgan fingerprint density at radius 1 is 1.24 bits per heavy atom. The first-order valence-corrected chi connectivity index (χ1v) is 8.62. The Morgan fingerprint density at radius 3 is 2.48 bits per heavy atom. The Labute approximate surface area is 149 Å². The predicted octanol–water partition coefficient (Wildman–Crippen LogP) is 3.65. The predicted molar refractivity (Wildman–Crippen MR) is 95.2 cm³/mol. The summed E-state index contributed by atoms with van der Waals surface area (Å²) in [5, 5.41) is 0. The molecule has 25 heavy (non-hydrogen) atoms. The molecule has 2 atom stereocenters. The van der Waals surface area contributed by atoms with Crippen molar-refractivity contribution < 1.29 is 19.1 Å². The average Bonchev–Trinajstić information content (AvgIpc) is 2.93. The minimum atomic E-state index is -0.540. The molecule has 6 heteroatoms. The Balaban J connectivity index is 1.90. The zero-order valence-electron chi connectivity index (χ0n) is 15.7. The van der Waals surface area contributed by atoms with Gasteiger partial charge < -0.3 is 19.3 Å². The lowest BCUT2D eigenvalue weighted by atomic mass is 10.1. The normalized spacial score (nSPS) is 20.3. The number of carbonyl (C=O) groups excluding carboxylic acids is 2. The van der Waals surface area contributed by atoms with E-state index >= 15 is 0 Å². The highest BCUT2D eigenvalue weighted by molar-refractivity contribution is 5.70. The van der Waals surface area contributed by atoms with Crippen molar-refractivity contribution in [3.05, 3.63) is 35.9 Å². The van der Waals surface area contributed by atoms with Gasteiger partial charge in [-0.1, -0.05) is 30.3 Å². The number of ether oxygens (including phenoxy) is 2. The van der Waals surface area contributed by atoms with E-state index in [1.807, 2.05) is 58.0 Å². The van der Waals surface area contributed by atoms with Gasteiger partial charge in [0.05, 0.1) is 12.1 Å². The van der Waals surface area contributed by atoms with E-state index in [0.29, 0.717) is 13.0 Å². The molecule has 0 N–H and O–H groups in total. The Kier molecular flexibility index (Phi) is 5.93. The SMILES string of the molecule is CC1C(N(C)C(=O)OC(C)(C)C)CCN1C(=O)OCc1ccccc1. The maximum Gasteiger partial charge on any atom is 0.410 e. The highest BCUT2D eigenvalue weighted by Crippen LogP contribution is 2.24. The lowest BCUT2D eigenvalue weighted by molar-refractivity contribution is 0.0187. The first-order chi connectivity index (χ1) is 11.7. The molecule has 6 nitrogen and oxygen atoms in total. The van der Waals surface area contributed by atoms with Crippen molar-refractivity contribution >= 4 is 12.2 Å². The third kappa shape index (κ3) is 5.11. The first kappa shape index (κ1) is 19.1. The first-order valence-electron chi connectivity index (χ1n) is 8.62. The largest absolute Gasteiger partial charge is 0.445 e. The standard InChI is InChI=1S/C19H28N2O4/c1-14-16(20(5)17(22)25-19(2,3)4)11-12-21(14)18(23)24-13-15-9-7-6-8-10-15/h6-10,14,16H,11-13H2,1-5H3. The number of likely N-dealkylation sites (N-methyl/N-ethyl adjacent to an activating group) is 1. The molecular weight excluding hydrogens is 320 g/mol. The van der Waals surface area contributed by atoms with Crippen molar-refractivity contribution in [2.75, 3.05) is 13.6 Å². The molecular formula is C19H28N2O4. The number of rotatable bonds is 3. The van der Waals surface area contributed by atoms with Gasteiger partial charge in [0.15, 0.2) is 0 Å². The highest BCUT2D eigenvalue weighted by Gasteiger charge is 2.39. The summed E-state index contributed by atoms with van der Waals surface area (Å²) < 4.78 is 10.8. The molecule has 1 fully saturated rings. The fourth-order valence-corrected chi connectivity index (χ4v) is 2.97. The van der Waals surface area contributed by atoms with Crippen LogP contribution >= 0.6 is 0 Å². The number of hydrogen-bond acceptors (Lipinski definition) is 4. The summed E-state index contributed by atoms with van der Waals surface area (Å²) in [6, 6.07) is 9.37. The second-order valence-electron chi connectivity index (χ2n) is 7.42. The van der Waals surface area contributed by atoms with Gasteiger partial charge in [0.1, 0.15) is 12.2 Å². The minimum Gasteiger partial charge on any atom is -0.445 e. The second kappa shape index (κ2) is 7.76. The van der Waals surface area contributed by atoms with Crippen LogP contribution in [0.4, 0.5) is 9.59 Å². The molecule has 0 bridgehead atoms. The van der Waals surface area contributed by atoms with Gasteiger partial charge in [-0.2, -0.15) is 0 Å². The summed E-state index contributed by atoms with van der Waals surface area (Å²) in [7, 11) is 1.72. The van der Waals surface area contributed by atoms with E-state index in [0.717, 1.165) is 5.56 Å². The monoisotopic (exact) mass is 348 g/mol. The number of carbonyl (C=O) groups is 2. The second-order valence-corrected chi connectivity index (χ2v) is 7.42. The Hall–Kier alpha value is -2.24. The molecule has 1 aliphatic heterocycles. The molecule has 2 amide bonds.